The zero-order valence-electron chi connectivity index (χ0n) is 10.9. The molecule has 20 heavy (non-hydrogen) atoms. The van der Waals surface area contributed by atoms with Gasteiger partial charge >= 0.3 is 6.18 Å². The van der Waals surface area contributed by atoms with E-state index in [1.165, 1.54) is 0 Å². The van der Waals surface area contributed by atoms with Crippen molar-refractivity contribution in [2.75, 3.05) is 13.1 Å². The Bertz CT molecular complexity index is 525. The van der Waals surface area contributed by atoms with Gasteiger partial charge in [-0.15, -0.1) is 0 Å². The molecule has 1 heterocycles. The van der Waals surface area contributed by atoms with Crippen LogP contribution in [0.4, 0.5) is 17.6 Å². The molecule has 0 amide bonds. The van der Waals surface area contributed by atoms with E-state index in [1.807, 2.05) is 6.92 Å². The summed E-state index contributed by atoms with van der Waals surface area (Å²) < 4.78 is 51.6. The van der Waals surface area contributed by atoms with Crippen molar-refractivity contribution in [1.82, 2.24) is 4.90 Å². The van der Waals surface area contributed by atoms with Gasteiger partial charge in [-0.2, -0.15) is 13.2 Å². The molecule has 0 saturated carbocycles. The Balaban J connectivity index is 2.36. The van der Waals surface area contributed by atoms with Crippen molar-refractivity contribution in [3.8, 4) is 0 Å². The normalized spacial score (nSPS) is 19.4. The molecule has 7 heteroatoms. The minimum absolute atomic E-state index is 0.243. The maximum Gasteiger partial charge on any atom is 0.416 e. The lowest BCUT2D eigenvalue weighted by Crippen LogP contribution is -2.36. The molecule has 0 saturated heterocycles. The quantitative estimate of drug-likeness (QED) is 0.869. The van der Waals surface area contributed by atoms with Crippen LogP contribution in [-0.4, -0.2) is 23.9 Å². The first kappa shape index (κ1) is 14.6. The van der Waals surface area contributed by atoms with Gasteiger partial charge in [0.25, 0.3) is 0 Å². The van der Waals surface area contributed by atoms with E-state index in [9.17, 15) is 17.6 Å². The minimum atomic E-state index is -4.57. The van der Waals surface area contributed by atoms with Crippen molar-refractivity contribution in [2.24, 2.45) is 10.7 Å². The van der Waals surface area contributed by atoms with Gasteiger partial charge in [-0.25, -0.2) is 4.39 Å². The number of aliphatic imine (C=N–C) groups is 1. The van der Waals surface area contributed by atoms with Gasteiger partial charge in [-0.1, -0.05) is 6.92 Å². The molecule has 2 N–H and O–H groups in total. The van der Waals surface area contributed by atoms with Gasteiger partial charge in [0.15, 0.2) is 5.96 Å². The fraction of sp³-hybridized carbons (Fsp3) is 0.462. The van der Waals surface area contributed by atoms with Gasteiger partial charge in [0, 0.05) is 6.54 Å². The second kappa shape index (κ2) is 5.30. The zero-order valence-corrected chi connectivity index (χ0v) is 10.9. The molecule has 1 unspecified atom stereocenters. The van der Waals surface area contributed by atoms with Gasteiger partial charge in [-0.3, -0.25) is 4.99 Å². The van der Waals surface area contributed by atoms with E-state index in [-0.39, 0.29) is 18.1 Å². The molecule has 3 nitrogen and oxygen atoms in total. The average Bonchev–Trinajstić information content (AvgIpc) is 2.70. The lowest BCUT2D eigenvalue weighted by atomic mass is 10.0. The molecule has 0 fully saturated rings. The lowest BCUT2D eigenvalue weighted by molar-refractivity contribution is -0.137. The molecule has 0 aromatic heterocycles. The molecular formula is C13H15F4N3. The molecule has 0 aliphatic carbocycles. The Morgan fingerprint density at radius 2 is 2.05 bits per heavy atom. The summed E-state index contributed by atoms with van der Waals surface area (Å²) in [6.07, 6.45) is -3.80. The smallest absolute Gasteiger partial charge is 0.370 e. The first-order valence-corrected chi connectivity index (χ1v) is 6.27. The van der Waals surface area contributed by atoms with Crippen LogP contribution in [0.1, 0.15) is 30.5 Å². The Hall–Kier alpha value is -1.79. The third-order valence-electron chi connectivity index (χ3n) is 3.19. The highest BCUT2D eigenvalue weighted by atomic mass is 19.4. The third kappa shape index (κ3) is 2.86. The van der Waals surface area contributed by atoms with Crippen molar-refractivity contribution in [3.63, 3.8) is 0 Å². The van der Waals surface area contributed by atoms with Crippen LogP contribution >= 0.6 is 0 Å². The summed E-state index contributed by atoms with van der Waals surface area (Å²) >= 11 is 0. The molecule has 1 aromatic rings. The Kier molecular flexibility index (Phi) is 3.87. The van der Waals surface area contributed by atoms with Crippen molar-refractivity contribution in [3.05, 3.63) is 35.1 Å². The first-order chi connectivity index (χ1) is 9.32. The average molecular weight is 289 g/mol. The van der Waals surface area contributed by atoms with Crippen LogP contribution in [0.15, 0.2) is 23.2 Å². The molecule has 0 spiro atoms. The second-order valence-electron chi connectivity index (χ2n) is 4.68. The maximum absolute atomic E-state index is 13.4. The third-order valence-corrected chi connectivity index (χ3v) is 3.19. The topological polar surface area (TPSA) is 41.6 Å². The van der Waals surface area contributed by atoms with E-state index in [4.69, 9.17) is 5.73 Å². The van der Waals surface area contributed by atoms with E-state index in [0.29, 0.717) is 12.6 Å². The van der Waals surface area contributed by atoms with Crippen LogP contribution < -0.4 is 5.73 Å². The summed E-state index contributed by atoms with van der Waals surface area (Å²) in [5, 5.41) is 0. The molecule has 0 bridgehead atoms. The number of guanidine groups is 1. The molecule has 110 valence electrons. The van der Waals surface area contributed by atoms with Gasteiger partial charge in [0.1, 0.15) is 5.82 Å². The predicted octanol–water partition coefficient (Wildman–Crippen LogP) is 2.93. The number of hydrogen-bond acceptors (Lipinski definition) is 3. The molecule has 1 aliphatic rings. The number of nitrogens with two attached hydrogens (primary N) is 1. The summed E-state index contributed by atoms with van der Waals surface area (Å²) in [6.45, 7) is 2.74. The minimum Gasteiger partial charge on any atom is -0.370 e. The largest absolute Gasteiger partial charge is 0.416 e. The first-order valence-electron chi connectivity index (χ1n) is 6.27. The van der Waals surface area contributed by atoms with Crippen LogP contribution in [0.5, 0.6) is 0 Å². The van der Waals surface area contributed by atoms with Crippen LogP contribution in [0.2, 0.25) is 0 Å². The van der Waals surface area contributed by atoms with Gasteiger partial charge < -0.3 is 10.6 Å². The summed E-state index contributed by atoms with van der Waals surface area (Å²) in [4.78, 5) is 5.74. The highest BCUT2D eigenvalue weighted by molar-refractivity contribution is 5.80. The van der Waals surface area contributed by atoms with Gasteiger partial charge in [0.2, 0.25) is 0 Å². The van der Waals surface area contributed by atoms with E-state index in [0.717, 1.165) is 18.6 Å². The van der Waals surface area contributed by atoms with E-state index in [1.54, 1.807) is 4.90 Å². The number of halogens is 4. The van der Waals surface area contributed by atoms with Crippen LogP contribution in [-0.2, 0) is 6.18 Å². The fourth-order valence-electron chi connectivity index (χ4n) is 2.29. The van der Waals surface area contributed by atoms with E-state index < -0.39 is 23.6 Å². The lowest BCUT2D eigenvalue weighted by Gasteiger charge is -2.26. The monoisotopic (exact) mass is 289 g/mol. The summed E-state index contributed by atoms with van der Waals surface area (Å²) in [5.74, 6) is -0.619. The Labute approximate surface area is 114 Å². The molecule has 1 aromatic carbocycles. The van der Waals surface area contributed by atoms with Crippen LogP contribution in [0.25, 0.3) is 0 Å². The SMILES string of the molecule is CCCN1C(N)=NCC1c1cc(F)cc(C(F)(F)F)c1. The van der Waals surface area contributed by atoms with Crippen LogP contribution in [0, 0.1) is 5.82 Å². The second-order valence-corrected chi connectivity index (χ2v) is 4.68. The summed E-state index contributed by atoms with van der Waals surface area (Å²) in [7, 11) is 0. The summed E-state index contributed by atoms with van der Waals surface area (Å²) in [6, 6.07) is 2.13. The molecular weight excluding hydrogens is 274 g/mol. The number of hydrogen-bond donors (Lipinski definition) is 1. The molecule has 1 atom stereocenters. The van der Waals surface area contributed by atoms with Crippen molar-refractivity contribution in [2.45, 2.75) is 25.6 Å². The molecule has 2 rings (SSSR count). The predicted molar refractivity (Wildman–Crippen MR) is 67.6 cm³/mol. The highest BCUT2D eigenvalue weighted by Gasteiger charge is 2.34. The van der Waals surface area contributed by atoms with Gasteiger partial charge in [0.05, 0.1) is 18.2 Å². The Morgan fingerprint density at radius 3 is 2.65 bits per heavy atom. The summed E-state index contributed by atoms with van der Waals surface area (Å²) in [5.41, 5.74) is 4.97. The molecule has 0 radical (unpaired) electrons. The van der Waals surface area contributed by atoms with Crippen LogP contribution in [0.3, 0.4) is 0 Å². The molecule has 1 aliphatic heterocycles. The van der Waals surface area contributed by atoms with Crippen molar-refractivity contribution < 1.29 is 17.6 Å². The number of nitrogens with zero attached hydrogens (tertiary/aromatic N) is 2. The Morgan fingerprint density at radius 1 is 1.35 bits per heavy atom. The maximum atomic E-state index is 13.4. The van der Waals surface area contributed by atoms with E-state index >= 15 is 0 Å². The van der Waals surface area contributed by atoms with Gasteiger partial charge in [-0.05, 0) is 30.2 Å². The number of benzene rings is 1. The van der Waals surface area contributed by atoms with Crippen molar-refractivity contribution >= 4 is 5.96 Å². The number of alkyl halides is 3. The fourth-order valence-corrected chi connectivity index (χ4v) is 2.29. The highest BCUT2D eigenvalue weighted by Crippen LogP contribution is 2.34. The van der Waals surface area contributed by atoms with Crippen molar-refractivity contribution in [1.29, 1.82) is 0 Å². The number of rotatable bonds is 3. The zero-order chi connectivity index (χ0) is 14.9. The van der Waals surface area contributed by atoms with E-state index in [2.05, 4.69) is 4.99 Å². The standard InChI is InChI=1S/C13H15F4N3/c1-2-3-20-11(7-19-12(20)18)8-4-9(13(15,16)17)6-10(14)5-8/h4-6,11H,2-3,7H2,1H3,(H2,18,19).